The molecule has 0 unspecified atom stereocenters. The fraction of sp³-hybridized carbons (Fsp3) is 0.632. The van der Waals surface area contributed by atoms with Crippen LogP contribution in [0, 0.1) is 12.8 Å². The topological polar surface area (TPSA) is 91.2 Å². The highest BCUT2D eigenvalue weighted by Crippen LogP contribution is 2.27. The Morgan fingerprint density at radius 2 is 2.04 bits per heavy atom. The summed E-state index contributed by atoms with van der Waals surface area (Å²) in [5, 5.41) is 3.33. The third-order valence-corrected chi connectivity index (χ3v) is 5.81. The number of carbonyl (C=O) groups excluding carboxylic acids is 1. The van der Waals surface area contributed by atoms with E-state index in [0.717, 1.165) is 31.8 Å². The Labute approximate surface area is 152 Å². The summed E-state index contributed by atoms with van der Waals surface area (Å²) >= 11 is 0. The van der Waals surface area contributed by atoms with E-state index in [9.17, 15) is 9.59 Å². The van der Waals surface area contributed by atoms with E-state index in [0.29, 0.717) is 11.3 Å². The first-order chi connectivity index (χ1) is 12.6. The number of hydrogen-bond acceptors (Lipinski definition) is 5. The fourth-order valence-corrected chi connectivity index (χ4v) is 4.40. The average Bonchev–Trinajstić information content (AvgIpc) is 3.24. The molecule has 7 heteroatoms. The van der Waals surface area contributed by atoms with E-state index >= 15 is 0 Å². The maximum Gasteiger partial charge on any atom is 0.262 e. The number of piperidine rings is 1. The van der Waals surface area contributed by atoms with Crippen molar-refractivity contribution in [2.45, 2.75) is 51.5 Å². The van der Waals surface area contributed by atoms with Gasteiger partial charge in [-0.2, -0.15) is 0 Å². The van der Waals surface area contributed by atoms with Gasteiger partial charge in [0.05, 0.1) is 11.9 Å². The Morgan fingerprint density at radius 3 is 2.77 bits per heavy atom. The highest BCUT2D eigenvalue weighted by Gasteiger charge is 2.27. The Bertz CT molecular complexity index is 842. The number of hydrogen-bond donors (Lipinski definition) is 2. The van der Waals surface area contributed by atoms with Gasteiger partial charge in [-0.25, -0.2) is 4.98 Å². The first-order valence-electron chi connectivity index (χ1n) is 9.62. The zero-order valence-electron chi connectivity index (χ0n) is 15.2. The van der Waals surface area contributed by atoms with Crippen molar-refractivity contribution in [2.75, 3.05) is 19.6 Å². The number of nitrogens with one attached hydrogen (secondary N) is 2. The highest BCUT2D eigenvalue weighted by molar-refractivity contribution is 6.06. The van der Waals surface area contributed by atoms with Crippen LogP contribution in [0.3, 0.4) is 0 Å². The molecule has 2 aliphatic rings. The zero-order valence-corrected chi connectivity index (χ0v) is 15.2. The third-order valence-electron chi connectivity index (χ3n) is 5.81. The molecule has 1 saturated carbocycles. The highest BCUT2D eigenvalue weighted by atomic mass is 16.3. The molecule has 140 valence electrons. The molecule has 2 aromatic heterocycles. The molecule has 2 N–H and O–H groups in total. The van der Waals surface area contributed by atoms with Crippen LogP contribution in [0.1, 0.15) is 54.6 Å². The first kappa shape index (κ1) is 17.3. The monoisotopic (exact) mass is 358 g/mol. The van der Waals surface area contributed by atoms with E-state index < -0.39 is 0 Å². The van der Waals surface area contributed by atoms with E-state index in [1.165, 1.54) is 38.6 Å². The normalized spacial score (nSPS) is 20.0. The maximum absolute atomic E-state index is 12.8. The van der Waals surface area contributed by atoms with E-state index in [1.54, 1.807) is 6.92 Å². The second-order valence-electron chi connectivity index (χ2n) is 7.64. The molecular weight excluding hydrogens is 332 g/mol. The van der Waals surface area contributed by atoms with Gasteiger partial charge in [-0.1, -0.05) is 12.8 Å². The van der Waals surface area contributed by atoms with Gasteiger partial charge in [-0.05, 0) is 38.5 Å². The van der Waals surface area contributed by atoms with Crippen LogP contribution >= 0.6 is 0 Å². The molecule has 3 heterocycles. The van der Waals surface area contributed by atoms with Gasteiger partial charge in [0.15, 0.2) is 0 Å². The van der Waals surface area contributed by atoms with Crippen LogP contribution in [-0.2, 0) is 0 Å². The average molecular weight is 358 g/mol. The van der Waals surface area contributed by atoms with Gasteiger partial charge in [0, 0.05) is 25.7 Å². The molecule has 1 aliphatic heterocycles. The van der Waals surface area contributed by atoms with Gasteiger partial charge in [-0.3, -0.25) is 9.59 Å². The first-order valence-corrected chi connectivity index (χ1v) is 9.62. The third kappa shape index (κ3) is 3.40. The number of carbonyl (C=O) groups is 1. The van der Waals surface area contributed by atoms with E-state index in [4.69, 9.17) is 4.42 Å². The minimum absolute atomic E-state index is 0.141. The predicted octanol–water partition coefficient (Wildman–Crippen LogP) is 2.21. The summed E-state index contributed by atoms with van der Waals surface area (Å²) in [5.41, 5.74) is 0.175. The quantitative estimate of drug-likeness (QED) is 0.874. The van der Waals surface area contributed by atoms with Gasteiger partial charge in [-0.15, -0.1) is 0 Å². The lowest BCUT2D eigenvalue weighted by Crippen LogP contribution is -2.45. The van der Waals surface area contributed by atoms with Crippen LogP contribution in [0.2, 0.25) is 0 Å². The van der Waals surface area contributed by atoms with Crippen LogP contribution in [0.25, 0.3) is 11.1 Å². The number of rotatable bonds is 4. The number of aromatic nitrogens is 2. The fourth-order valence-electron chi connectivity index (χ4n) is 4.40. The maximum atomic E-state index is 12.8. The number of H-pyrrole nitrogens is 1. The molecule has 0 bridgehead atoms. The molecule has 7 nitrogen and oxygen atoms in total. The van der Waals surface area contributed by atoms with Gasteiger partial charge in [0.1, 0.15) is 11.1 Å². The van der Waals surface area contributed by atoms with Crippen LogP contribution in [0.4, 0.5) is 0 Å². The van der Waals surface area contributed by atoms with Crippen molar-refractivity contribution in [1.29, 1.82) is 0 Å². The SMILES string of the molecule is Cc1oc2nc[nH]c(=O)c2c1C(=O)NC1CCN(CC2CCCC2)CC1. The van der Waals surface area contributed by atoms with E-state index in [2.05, 4.69) is 20.2 Å². The number of likely N-dealkylation sites (tertiary alicyclic amines) is 1. The molecule has 1 saturated heterocycles. The molecule has 0 aromatic carbocycles. The number of aromatic amines is 1. The Kier molecular flexibility index (Phi) is 4.80. The molecular formula is C19H26N4O3. The smallest absolute Gasteiger partial charge is 0.262 e. The molecule has 0 radical (unpaired) electrons. The molecule has 0 spiro atoms. The lowest BCUT2D eigenvalue weighted by atomic mass is 10.0. The van der Waals surface area contributed by atoms with Crippen LogP contribution < -0.4 is 10.9 Å². The number of furan rings is 1. The number of amides is 1. The number of nitrogens with zero attached hydrogens (tertiary/aromatic N) is 2. The van der Waals surface area contributed by atoms with Gasteiger partial charge < -0.3 is 19.6 Å². The van der Waals surface area contributed by atoms with Crippen molar-refractivity contribution in [1.82, 2.24) is 20.2 Å². The lowest BCUT2D eigenvalue weighted by molar-refractivity contribution is 0.0905. The molecule has 0 atom stereocenters. The Morgan fingerprint density at radius 1 is 1.31 bits per heavy atom. The summed E-state index contributed by atoms with van der Waals surface area (Å²) in [6.07, 6.45) is 8.67. The van der Waals surface area contributed by atoms with Gasteiger partial charge in [0.25, 0.3) is 11.5 Å². The van der Waals surface area contributed by atoms with Crippen LogP contribution in [-0.4, -0.2) is 46.5 Å². The summed E-state index contributed by atoms with van der Waals surface area (Å²) in [7, 11) is 0. The minimum Gasteiger partial charge on any atom is -0.442 e. The summed E-state index contributed by atoms with van der Waals surface area (Å²) in [6, 6.07) is 0.141. The molecule has 2 fully saturated rings. The standard InChI is InChI=1S/C19H26N4O3/c1-12-15(16-17(24)20-11-21-19(16)26-12)18(25)22-14-6-8-23(9-7-14)10-13-4-2-3-5-13/h11,13-14H,2-10H2,1H3,(H,22,25)(H,20,21,24). The van der Waals surface area contributed by atoms with Crippen LogP contribution in [0.5, 0.6) is 0 Å². The largest absolute Gasteiger partial charge is 0.442 e. The van der Waals surface area contributed by atoms with E-state index in [-0.39, 0.29) is 28.6 Å². The summed E-state index contributed by atoms with van der Waals surface area (Å²) in [5.74, 6) is 1.05. The van der Waals surface area contributed by atoms with E-state index in [1.807, 2.05) is 0 Å². The van der Waals surface area contributed by atoms with Crippen molar-refractivity contribution in [3.8, 4) is 0 Å². The van der Waals surface area contributed by atoms with Crippen molar-refractivity contribution in [3.05, 3.63) is 28.0 Å². The second-order valence-corrected chi connectivity index (χ2v) is 7.64. The summed E-state index contributed by atoms with van der Waals surface area (Å²) in [6.45, 7) is 4.94. The molecule has 26 heavy (non-hydrogen) atoms. The number of fused-ring (bicyclic) bond motifs is 1. The molecule has 1 aliphatic carbocycles. The summed E-state index contributed by atoms with van der Waals surface area (Å²) < 4.78 is 5.48. The van der Waals surface area contributed by atoms with Crippen molar-refractivity contribution < 1.29 is 9.21 Å². The molecule has 1 amide bonds. The molecule has 2 aromatic rings. The van der Waals surface area contributed by atoms with Crippen LogP contribution in [0.15, 0.2) is 15.5 Å². The lowest BCUT2D eigenvalue weighted by Gasteiger charge is -2.33. The van der Waals surface area contributed by atoms with Crippen molar-refractivity contribution in [2.24, 2.45) is 5.92 Å². The number of aryl methyl sites for hydroxylation is 1. The van der Waals surface area contributed by atoms with Gasteiger partial charge in [0.2, 0.25) is 5.71 Å². The zero-order chi connectivity index (χ0) is 18.1. The Balaban J connectivity index is 1.39. The predicted molar refractivity (Wildman–Crippen MR) is 98.3 cm³/mol. The van der Waals surface area contributed by atoms with Crippen molar-refractivity contribution >= 4 is 17.0 Å². The summed E-state index contributed by atoms with van der Waals surface area (Å²) in [4.78, 5) is 33.9. The minimum atomic E-state index is -0.344. The molecule has 4 rings (SSSR count). The second kappa shape index (κ2) is 7.23. The van der Waals surface area contributed by atoms with Crippen molar-refractivity contribution in [3.63, 3.8) is 0 Å². The Hall–Kier alpha value is -2.15. The van der Waals surface area contributed by atoms with Gasteiger partial charge >= 0.3 is 0 Å².